The molecule has 0 saturated heterocycles. The molecule has 0 aliphatic rings. The molecule has 0 unspecified atom stereocenters. The largest absolute Gasteiger partial charge is 0.497 e. The Bertz CT molecular complexity index is 1390. The average molecular weight is 491 g/mol. The number of para-hydroxylation sites is 1. The first-order valence-corrected chi connectivity index (χ1v) is 11.3. The van der Waals surface area contributed by atoms with Crippen LogP contribution < -0.4 is 14.8 Å². The number of rotatable bonds is 8. The predicted octanol–water partition coefficient (Wildman–Crippen LogP) is 5.76. The van der Waals surface area contributed by atoms with Crippen molar-refractivity contribution >= 4 is 40.1 Å². The Morgan fingerprint density at radius 1 is 1.00 bits per heavy atom. The summed E-state index contributed by atoms with van der Waals surface area (Å²) >= 11 is 6.13. The summed E-state index contributed by atoms with van der Waals surface area (Å²) in [7, 11) is 1.59. The second-order valence-corrected chi connectivity index (χ2v) is 7.91. The van der Waals surface area contributed by atoms with Crippen molar-refractivity contribution in [1.82, 2.24) is 4.98 Å². The third kappa shape index (κ3) is 5.70. The molecule has 8 heteroatoms. The molecule has 7 nitrogen and oxygen atoms in total. The number of nitrogens with zero attached hydrogens (tertiary/aromatic N) is 1. The van der Waals surface area contributed by atoms with Gasteiger partial charge < -0.3 is 19.5 Å². The summed E-state index contributed by atoms with van der Waals surface area (Å²) in [6.07, 6.45) is 0. The number of anilines is 1. The summed E-state index contributed by atoms with van der Waals surface area (Å²) in [6.45, 7) is 1.73. The second kappa shape index (κ2) is 10.9. The zero-order valence-electron chi connectivity index (χ0n) is 19.2. The van der Waals surface area contributed by atoms with Crippen LogP contribution in [-0.4, -0.2) is 37.2 Å². The van der Waals surface area contributed by atoms with E-state index >= 15 is 0 Å². The molecular formula is C27H23ClN2O5. The number of carbonyl (C=O) groups is 2. The van der Waals surface area contributed by atoms with Crippen LogP contribution in [0.4, 0.5) is 5.69 Å². The van der Waals surface area contributed by atoms with Crippen molar-refractivity contribution in [3.63, 3.8) is 0 Å². The Morgan fingerprint density at radius 2 is 1.83 bits per heavy atom. The lowest BCUT2D eigenvalue weighted by Gasteiger charge is -2.13. The van der Waals surface area contributed by atoms with E-state index in [1.807, 2.05) is 24.3 Å². The number of esters is 1. The maximum Gasteiger partial charge on any atom is 0.338 e. The minimum absolute atomic E-state index is 0.259. The van der Waals surface area contributed by atoms with Crippen LogP contribution in [0.15, 0.2) is 72.8 Å². The molecule has 1 amide bonds. The van der Waals surface area contributed by atoms with E-state index in [-0.39, 0.29) is 19.1 Å². The Morgan fingerprint density at radius 3 is 2.60 bits per heavy atom. The minimum Gasteiger partial charge on any atom is -0.497 e. The molecule has 1 heterocycles. The molecule has 35 heavy (non-hydrogen) atoms. The summed E-state index contributed by atoms with van der Waals surface area (Å²) in [5, 5.41) is 3.74. The molecule has 0 bridgehead atoms. The number of benzene rings is 3. The summed E-state index contributed by atoms with van der Waals surface area (Å²) in [5.41, 5.74) is 2.89. The van der Waals surface area contributed by atoms with E-state index in [1.165, 1.54) is 0 Å². The summed E-state index contributed by atoms with van der Waals surface area (Å²) in [4.78, 5) is 29.6. The third-order valence-electron chi connectivity index (χ3n) is 5.15. The zero-order chi connectivity index (χ0) is 24.8. The molecule has 0 fully saturated rings. The predicted molar refractivity (Wildman–Crippen MR) is 135 cm³/mol. The van der Waals surface area contributed by atoms with E-state index in [1.54, 1.807) is 62.6 Å². The molecule has 0 aliphatic carbocycles. The van der Waals surface area contributed by atoms with E-state index in [0.717, 1.165) is 5.56 Å². The number of nitrogens with one attached hydrogen (secondary N) is 1. The SMILES string of the molecule is CCOC(=O)c1ccc2nc(-c3cccc(OC)c3)cc(OCC(=O)Nc3ccccc3Cl)c2c1. The van der Waals surface area contributed by atoms with Gasteiger partial charge in [-0.15, -0.1) is 0 Å². The lowest BCUT2D eigenvalue weighted by molar-refractivity contribution is -0.118. The van der Waals surface area contributed by atoms with Gasteiger partial charge in [-0.3, -0.25) is 4.79 Å². The van der Waals surface area contributed by atoms with Crippen molar-refractivity contribution in [3.05, 3.63) is 83.4 Å². The second-order valence-electron chi connectivity index (χ2n) is 7.51. The third-order valence-corrected chi connectivity index (χ3v) is 5.48. The van der Waals surface area contributed by atoms with Crippen molar-refractivity contribution in [2.24, 2.45) is 0 Å². The van der Waals surface area contributed by atoms with Gasteiger partial charge in [0.05, 0.1) is 41.2 Å². The molecule has 3 aromatic carbocycles. The van der Waals surface area contributed by atoms with Crippen molar-refractivity contribution in [2.45, 2.75) is 6.92 Å². The number of pyridine rings is 1. The minimum atomic E-state index is -0.450. The topological polar surface area (TPSA) is 86.8 Å². The van der Waals surface area contributed by atoms with Gasteiger partial charge in [0.2, 0.25) is 0 Å². The van der Waals surface area contributed by atoms with Gasteiger partial charge in [0.1, 0.15) is 11.5 Å². The van der Waals surface area contributed by atoms with Gasteiger partial charge in [-0.2, -0.15) is 0 Å². The normalized spacial score (nSPS) is 10.6. The van der Waals surface area contributed by atoms with Gasteiger partial charge >= 0.3 is 5.97 Å². The monoisotopic (exact) mass is 490 g/mol. The number of hydrogen-bond acceptors (Lipinski definition) is 6. The molecular weight excluding hydrogens is 468 g/mol. The fourth-order valence-corrected chi connectivity index (χ4v) is 3.66. The van der Waals surface area contributed by atoms with Crippen LogP contribution in [-0.2, 0) is 9.53 Å². The average Bonchev–Trinajstić information content (AvgIpc) is 2.88. The van der Waals surface area contributed by atoms with Crippen LogP contribution in [0.2, 0.25) is 5.02 Å². The first kappa shape index (κ1) is 24.0. The molecule has 1 N–H and O–H groups in total. The lowest BCUT2D eigenvalue weighted by atomic mass is 10.1. The van der Waals surface area contributed by atoms with Gasteiger partial charge in [0.25, 0.3) is 5.91 Å². The summed E-state index contributed by atoms with van der Waals surface area (Å²) < 4.78 is 16.4. The molecule has 0 radical (unpaired) electrons. The van der Waals surface area contributed by atoms with Crippen LogP contribution in [0.3, 0.4) is 0 Å². The van der Waals surface area contributed by atoms with Crippen LogP contribution in [0.5, 0.6) is 11.5 Å². The molecule has 178 valence electrons. The smallest absolute Gasteiger partial charge is 0.338 e. The lowest BCUT2D eigenvalue weighted by Crippen LogP contribution is -2.20. The highest BCUT2D eigenvalue weighted by atomic mass is 35.5. The number of carbonyl (C=O) groups excluding carboxylic acids is 2. The molecule has 0 aliphatic heterocycles. The van der Waals surface area contributed by atoms with E-state index in [9.17, 15) is 9.59 Å². The maximum absolute atomic E-state index is 12.6. The Labute approximate surface area is 207 Å². The van der Waals surface area contributed by atoms with Gasteiger partial charge in [0, 0.05) is 17.0 Å². The van der Waals surface area contributed by atoms with Crippen LogP contribution in [0.1, 0.15) is 17.3 Å². The highest BCUT2D eigenvalue weighted by Gasteiger charge is 2.15. The van der Waals surface area contributed by atoms with Crippen LogP contribution in [0, 0.1) is 0 Å². The molecule has 0 atom stereocenters. The Hall–Kier alpha value is -4.10. The first-order chi connectivity index (χ1) is 17.0. The highest BCUT2D eigenvalue weighted by Crippen LogP contribution is 2.32. The number of amides is 1. The molecule has 1 aromatic heterocycles. The number of halogens is 1. The fourth-order valence-electron chi connectivity index (χ4n) is 3.48. The molecule has 0 saturated carbocycles. The fraction of sp³-hybridized carbons (Fsp3) is 0.148. The van der Waals surface area contributed by atoms with Crippen molar-refractivity contribution in [2.75, 3.05) is 25.6 Å². The number of methoxy groups -OCH3 is 1. The quantitative estimate of drug-likeness (QED) is 0.316. The summed E-state index contributed by atoms with van der Waals surface area (Å²) in [5.74, 6) is 0.248. The number of hydrogen-bond donors (Lipinski definition) is 1. The van der Waals surface area contributed by atoms with E-state index < -0.39 is 5.97 Å². The van der Waals surface area contributed by atoms with Crippen molar-refractivity contribution in [1.29, 1.82) is 0 Å². The molecule has 4 aromatic rings. The Balaban J connectivity index is 1.69. The van der Waals surface area contributed by atoms with E-state index in [4.69, 9.17) is 30.8 Å². The van der Waals surface area contributed by atoms with Crippen molar-refractivity contribution < 1.29 is 23.8 Å². The van der Waals surface area contributed by atoms with E-state index in [2.05, 4.69) is 5.32 Å². The van der Waals surface area contributed by atoms with Gasteiger partial charge in [-0.1, -0.05) is 35.9 Å². The first-order valence-electron chi connectivity index (χ1n) is 10.9. The standard InChI is InChI=1S/C27H23ClN2O5/c1-3-34-27(32)18-11-12-22-20(14-18)25(15-24(29-22)17-7-6-8-19(13-17)33-2)35-16-26(31)30-23-10-5-4-9-21(23)28/h4-15H,3,16H2,1-2H3,(H,30,31). The van der Waals surface area contributed by atoms with Gasteiger partial charge in [0.15, 0.2) is 6.61 Å². The number of aromatic nitrogens is 1. The summed E-state index contributed by atoms with van der Waals surface area (Å²) in [6, 6.07) is 21.2. The van der Waals surface area contributed by atoms with Crippen LogP contribution in [0.25, 0.3) is 22.2 Å². The number of fused-ring (bicyclic) bond motifs is 1. The molecule has 4 rings (SSSR count). The van der Waals surface area contributed by atoms with E-state index in [0.29, 0.717) is 44.4 Å². The van der Waals surface area contributed by atoms with Gasteiger partial charge in [-0.25, -0.2) is 9.78 Å². The Kier molecular flexibility index (Phi) is 7.48. The molecule has 0 spiro atoms. The van der Waals surface area contributed by atoms with Crippen molar-refractivity contribution in [3.8, 4) is 22.8 Å². The highest BCUT2D eigenvalue weighted by molar-refractivity contribution is 6.33. The van der Waals surface area contributed by atoms with Gasteiger partial charge in [-0.05, 0) is 49.4 Å². The maximum atomic E-state index is 12.6. The zero-order valence-corrected chi connectivity index (χ0v) is 20.0. The van der Waals surface area contributed by atoms with Crippen LogP contribution >= 0.6 is 11.6 Å². The number of ether oxygens (including phenoxy) is 3.